The number of fused-ring (bicyclic) bond motifs is 4. The molecule has 3 heterocycles. The zero-order chi connectivity index (χ0) is 22.7. The number of nitrogens with one attached hydrogen (secondary N) is 1. The maximum atomic E-state index is 13.6. The van der Waals surface area contributed by atoms with Crippen molar-refractivity contribution in [3.63, 3.8) is 0 Å². The molecule has 1 aromatic carbocycles. The van der Waals surface area contributed by atoms with Crippen molar-refractivity contribution in [2.45, 2.75) is 57.9 Å². The average molecular weight is 427 g/mol. The molecule has 0 bridgehead atoms. The van der Waals surface area contributed by atoms with Crippen LogP contribution in [0.5, 0.6) is 0 Å². The quantitative estimate of drug-likeness (QED) is 0.450. The van der Waals surface area contributed by atoms with E-state index < -0.39 is 16.4 Å². The van der Waals surface area contributed by atoms with E-state index in [1.807, 2.05) is 18.2 Å². The Hall–Kier alpha value is -2.34. The Balaban J connectivity index is 1.91. The number of carbonyl (C=O) groups is 2. The second-order valence-corrected chi connectivity index (χ2v) is 10.0. The van der Waals surface area contributed by atoms with Crippen molar-refractivity contribution in [1.82, 2.24) is 4.90 Å². The lowest BCUT2D eigenvalue weighted by Crippen LogP contribution is -2.67. The van der Waals surface area contributed by atoms with Crippen molar-refractivity contribution in [3.05, 3.63) is 41.7 Å². The fourth-order valence-electron chi connectivity index (χ4n) is 6.75. The van der Waals surface area contributed by atoms with Crippen LogP contribution in [-0.4, -0.2) is 49.6 Å². The van der Waals surface area contributed by atoms with Crippen LogP contribution in [0.4, 0.5) is 5.69 Å². The maximum absolute atomic E-state index is 13.6. The normalized spacial score (nSPS) is 37.4. The molecular formula is C25H34N2O4. The molecular weight excluding hydrogens is 392 g/mol. The minimum atomic E-state index is -0.645. The molecule has 0 aliphatic carbocycles. The minimum absolute atomic E-state index is 0.0662. The molecule has 31 heavy (non-hydrogen) atoms. The highest BCUT2D eigenvalue weighted by molar-refractivity contribution is 6.07. The molecule has 0 saturated carbocycles. The highest BCUT2D eigenvalue weighted by Gasteiger charge is 2.70. The van der Waals surface area contributed by atoms with Gasteiger partial charge in [0, 0.05) is 29.7 Å². The van der Waals surface area contributed by atoms with Crippen molar-refractivity contribution in [2.75, 3.05) is 32.6 Å². The van der Waals surface area contributed by atoms with Crippen LogP contribution in [0.2, 0.25) is 0 Å². The van der Waals surface area contributed by atoms with E-state index in [1.165, 1.54) is 7.11 Å². The SMILES string of the molecule is CC[C@@]1(C)CN2CCC3(C(=O)Nc4ccccc43)C2(C)CC1(C)/C(=C\OC)C(=O)OC. The van der Waals surface area contributed by atoms with Crippen LogP contribution < -0.4 is 5.32 Å². The number of anilines is 1. The third kappa shape index (κ3) is 2.60. The number of esters is 1. The predicted octanol–water partition coefficient (Wildman–Crippen LogP) is 3.87. The maximum Gasteiger partial charge on any atom is 0.337 e. The van der Waals surface area contributed by atoms with Gasteiger partial charge in [-0.2, -0.15) is 0 Å². The summed E-state index contributed by atoms with van der Waals surface area (Å²) in [6.45, 7) is 10.4. The number of benzene rings is 1. The van der Waals surface area contributed by atoms with Crippen molar-refractivity contribution in [1.29, 1.82) is 0 Å². The van der Waals surface area contributed by atoms with Gasteiger partial charge in [0.2, 0.25) is 5.91 Å². The van der Waals surface area contributed by atoms with E-state index in [1.54, 1.807) is 13.4 Å². The van der Waals surface area contributed by atoms with Gasteiger partial charge in [-0.05, 0) is 43.2 Å². The van der Waals surface area contributed by atoms with Gasteiger partial charge in [0.1, 0.15) is 0 Å². The van der Waals surface area contributed by atoms with E-state index in [4.69, 9.17) is 9.47 Å². The molecule has 3 aliphatic rings. The number of nitrogens with zero attached hydrogens (tertiary/aromatic N) is 1. The largest absolute Gasteiger partial charge is 0.504 e. The number of para-hydroxylation sites is 1. The Bertz CT molecular complexity index is 959. The average Bonchev–Trinajstić information content (AvgIpc) is 3.20. The lowest BCUT2D eigenvalue weighted by molar-refractivity contribution is -0.144. The molecule has 6 heteroatoms. The number of piperidine rings is 1. The monoisotopic (exact) mass is 426 g/mol. The number of ether oxygens (including phenoxy) is 2. The molecule has 2 saturated heterocycles. The number of hydrogen-bond donors (Lipinski definition) is 1. The highest BCUT2D eigenvalue weighted by atomic mass is 16.5. The van der Waals surface area contributed by atoms with Gasteiger partial charge in [-0.15, -0.1) is 0 Å². The molecule has 4 rings (SSSR count). The summed E-state index contributed by atoms with van der Waals surface area (Å²) in [5.41, 5.74) is 0.694. The Morgan fingerprint density at radius 3 is 2.58 bits per heavy atom. The third-order valence-corrected chi connectivity index (χ3v) is 8.98. The molecule has 2 fully saturated rings. The topological polar surface area (TPSA) is 67.9 Å². The summed E-state index contributed by atoms with van der Waals surface area (Å²) in [7, 11) is 2.97. The summed E-state index contributed by atoms with van der Waals surface area (Å²) in [6, 6.07) is 8.04. The van der Waals surface area contributed by atoms with Crippen molar-refractivity contribution < 1.29 is 19.1 Å². The summed E-state index contributed by atoms with van der Waals surface area (Å²) in [5, 5.41) is 3.14. The molecule has 0 radical (unpaired) electrons. The lowest BCUT2D eigenvalue weighted by Gasteiger charge is -2.61. The van der Waals surface area contributed by atoms with Crippen molar-refractivity contribution in [2.24, 2.45) is 10.8 Å². The molecule has 3 aliphatic heterocycles. The van der Waals surface area contributed by atoms with E-state index >= 15 is 0 Å². The first-order valence-electron chi connectivity index (χ1n) is 11.1. The Labute approximate surface area is 185 Å². The Morgan fingerprint density at radius 2 is 1.94 bits per heavy atom. The summed E-state index contributed by atoms with van der Waals surface area (Å²) in [4.78, 5) is 29.0. The van der Waals surface area contributed by atoms with Gasteiger partial charge in [-0.1, -0.05) is 39.0 Å². The van der Waals surface area contributed by atoms with Gasteiger partial charge in [0.05, 0.1) is 31.5 Å². The van der Waals surface area contributed by atoms with E-state index in [2.05, 4.69) is 44.0 Å². The smallest absolute Gasteiger partial charge is 0.337 e. The van der Waals surface area contributed by atoms with Crippen molar-refractivity contribution in [3.8, 4) is 0 Å². The van der Waals surface area contributed by atoms with Gasteiger partial charge in [0.25, 0.3) is 0 Å². The van der Waals surface area contributed by atoms with Gasteiger partial charge < -0.3 is 14.8 Å². The van der Waals surface area contributed by atoms with Crippen LogP contribution in [0, 0.1) is 10.8 Å². The number of methoxy groups -OCH3 is 2. The molecule has 4 atom stereocenters. The van der Waals surface area contributed by atoms with E-state index in [-0.39, 0.29) is 17.3 Å². The first-order valence-corrected chi connectivity index (χ1v) is 11.1. The summed E-state index contributed by atoms with van der Waals surface area (Å²) < 4.78 is 10.5. The molecule has 168 valence electrons. The Morgan fingerprint density at radius 1 is 1.23 bits per heavy atom. The third-order valence-electron chi connectivity index (χ3n) is 8.98. The van der Waals surface area contributed by atoms with E-state index in [0.717, 1.165) is 37.2 Å². The highest BCUT2D eigenvalue weighted by Crippen LogP contribution is 2.65. The molecule has 1 N–H and O–H groups in total. The molecule has 3 unspecified atom stereocenters. The van der Waals surface area contributed by atoms with Crippen LogP contribution in [0.25, 0.3) is 0 Å². The predicted molar refractivity (Wildman–Crippen MR) is 120 cm³/mol. The molecule has 6 nitrogen and oxygen atoms in total. The number of rotatable bonds is 4. The molecule has 1 amide bonds. The van der Waals surface area contributed by atoms with Crippen molar-refractivity contribution >= 4 is 17.6 Å². The van der Waals surface area contributed by atoms with Crippen LogP contribution in [0.3, 0.4) is 0 Å². The Kier molecular flexibility index (Phi) is 5.00. The standard InChI is InChI=1S/C25H34N2O4/c1-7-22(2)16-27-13-12-25(17-10-8-9-11-19(17)26-21(25)29)24(27,4)15-23(22,3)18(14-30-5)20(28)31-6/h8-11,14H,7,12-13,15-16H2,1-6H3,(H,26,29)/b18-14-/t22-,23?,24?,25?/m0/s1. The molecule has 1 aromatic rings. The first kappa shape index (κ1) is 21.9. The number of carbonyl (C=O) groups excluding carboxylic acids is 2. The zero-order valence-electron chi connectivity index (χ0n) is 19.5. The summed E-state index contributed by atoms with van der Waals surface area (Å²) in [6.07, 6.45) is 3.85. The second-order valence-electron chi connectivity index (χ2n) is 10.0. The van der Waals surface area contributed by atoms with Crippen LogP contribution in [0.15, 0.2) is 36.1 Å². The van der Waals surface area contributed by atoms with E-state index in [0.29, 0.717) is 12.0 Å². The minimum Gasteiger partial charge on any atom is -0.504 e. The van der Waals surface area contributed by atoms with Gasteiger partial charge in [-0.25, -0.2) is 4.79 Å². The fraction of sp³-hybridized carbons (Fsp3) is 0.600. The van der Waals surface area contributed by atoms with Crippen LogP contribution in [-0.2, 0) is 24.5 Å². The number of amides is 1. The molecule has 0 aromatic heterocycles. The van der Waals surface area contributed by atoms with Crippen LogP contribution >= 0.6 is 0 Å². The van der Waals surface area contributed by atoms with Gasteiger partial charge in [0.15, 0.2) is 0 Å². The number of hydrogen-bond acceptors (Lipinski definition) is 5. The summed E-state index contributed by atoms with van der Waals surface area (Å²) >= 11 is 0. The summed E-state index contributed by atoms with van der Waals surface area (Å²) in [5.74, 6) is -0.305. The zero-order valence-corrected chi connectivity index (χ0v) is 19.5. The van der Waals surface area contributed by atoms with Gasteiger partial charge >= 0.3 is 5.97 Å². The van der Waals surface area contributed by atoms with Gasteiger partial charge in [-0.3, -0.25) is 9.69 Å². The fourth-order valence-corrected chi connectivity index (χ4v) is 6.75. The van der Waals surface area contributed by atoms with E-state index in [9.17, 15) is 9.59 Å². The van der Waals surface area contributed by atoms with Crippen LogP contribution in [0.1, 0.15) is 52.5 Å². The molecule has 1 spiro atoms. The second kappa shape index (κ2) is 7.09. The lowest BCUT2D eigenvalue weighted by atomic mass is 9.49. The first-order chi connectivity index (χ1) is 14.6.